The maximum atomic E-state index is 13.3. The summed E-state index contributed by atoms with van der Waals surface area (Å²) in [5, 5.41) is 1.03. The molecule has 0 spiro atoms. The smallest absolute Gasteiger partial charge is 0.195 e. The minimum absolute atomic E-state index is 0.0928. The van der Waals surface area contributed by atoms with Gasteiger partial charge in [-0.05, 0) is 19.4 Å². The van der Waals surface area contributed by atoms with Crippen molar-refractivity contribution in [2.24, 2.45) is 0 Å². The lowest BCUT2D eigenvalue weighted by molar-refractivity contribution is 0.103. The number of nitrogens with zero attached hydrogens (tertiary/aromatic N) is 1. The molecule has 3 nitrogen and oxygen atoms in total. The van der Waals surface area contributed by atoms with E-state index in [2.05, 4.69) is 36.6 Å². The van der Waals surface area contributed by atoms with Gasteiger partial charge in [-0.2, -0.15) is 0 Å². The van der Waals surface area contributed by atoms with Crippen molar-refractivity contribution >= 4 is 16.7 Å². The maximum absolute atomic E-state index is 13.3. The summed E-state index contributed by atoms with van der Waals surface area (Å²) >= 11 is 0. The molecule has 148 valence electrons. The SMILES string of the molecule is CCCCCCC(COC)n1c(C)c(C(=O)c2ccccc2)c2ccccc21. The van der Waals surface area contributed by atoms with E-state index in [4.69, 9.17) is 4.74 Å². The second-order valence-corrected chi connectivity index (χ2v) is 7.50. The molecule has 1 heterocycles. The minimum atomic E-state index is 0.0928. The molecule has 0 N–H and O–H groups in total. The van der Waals surface area contributed by atoms with Crippen molar-refractivity contribution in [3.8, 4) is 0 Å². The second-order valence-electron chi connectivity index (χ2n) is 7.50. The highest BCUT2D eigenvalue weighted by atomic mass is 16.5. The third-order valence-electron chi connectivity index (χ3n) is 5.53. The molecule has 0 saturated heterocycles. The Bertz CT molecular complexity index is 911. The Labute approximate surface area is 168 Å². The third kappa shape index (κ3) is 4.20. The molecule has 3 heteroatoms. The van der Waals surface area contributed by atoms with Gasteiger partial charge in [0.25, 0.3) is 0 Å². The molecular formula is C25H31NO2. The molecular weight excluding hydrogens is 346 g/mol. The molecule has 1 aromatic heterocycles. The lowest BCUT2D eigenvalue weighted by Crippen LogP contribution is -2.17. The first kappa shape index (κ1) is 20.3. The van der Waals surface area contributed by atoms with E-state index < -0.39 is 0 Å². The van der Waals surface area contributed by atoms with Gasteiger partial charge in [-0.25, -0.2) is 0 Å². The average molecular weight is 378 g/mol. The van der Waals surface area contributed by atoms with Gasteiger partial charge in [-0.3, -0.25) is 4.79 Å². The van der Waals surface area contributed by atoms with Gasteiger partial charge >= 0.3 is 0 Å². The normalized spacial score (nSPS) is 12.4. The highest BCUT2D eigenvalue weighted by molar-refractivity contribution is 6.17. The van der Waals surface area contributed by atoms with Crippen LogP contribution in [0.25, 0.3) is 10.9 Å². The number of carbonyl (C=O) groups is 1. The van der Waals surface area contributed by atoms with Gasteiger partial charge in [0.05, 0.1) is 18.2 Å². The van der Waals surface area contributed by atoms with Crippen LogP contribution >= 0.6 is 0 Å². The number of ether oxygens (including phenoxy) is 1. The molecule has 0 fully saturated rings. The number of benzene rings is 2. The van der Waals surface area contributed by atoms with E-state index in [1.165, 1.54) is 25.7 Å². The van der Waals surface area contributed by atoms with Crippen LogP contribution < -0.4 is 0 Å². The predicted molar refractivity (Wildman–Crippen MR) is 116 cm³/mol. The molecule has 0 aliphatic rings. The van der Waals surface area contributed by atoms with Crippen molar-refractivity contribution in [1.82, 2.24) is 4.57 Å². The quantitative estimate of drug-likeness (QED) is 0.305. The van der Waals surface area contributed by atoms with Gasteiger partial charge in [-0.15, -0.1) is 0 Å². The molecule has 0 saturated carbocycles. The Morgan fingerprint density at radius 1 is 1.00 bits per heavy atom. The van der Waals surface area contributed by atoms with E-state index in [-0.39, 0.29) is 11.8 Å². The molecule has 0 aliphatic heterocycles. The maximum Gasteiger partial charge on any atom is 0.195 e. The second kappa shape index (κ2) is 9.70. The summed E-state index contributed by atoms with van der Waals surface area (Å²) in [6.45, 7) is 4.97. The average Bonchev–Trinajstić information content (AvgIpc) is 3.02. The summed E-state index contributed by atoms with van der Waals surface area (Å²) in [5.74, 6) is 0.0928. The molecule has 0 radical (unpaired) electrons. The predicted octanol–water partition coefficient (Wildman–Crippen LogP) is 6.34. The molecule has 28 heavy (non-hydrogen) atoms. The van der Waals surface area contributed by atoms with Crippen molar-refractivity contribution in [3.05, 3.63) is 71.4 Å². The van der Waals surface area contributed by atoms with Gasteiger partial charge in [0.15, 0.2) is 5.78 Å². The number of methoxy groups -OCH3 is 1. The van der Waals surface area contributed by atoms with Gasteiger partial charge in [-0.1, -0.05) is 81.1 Å². The number of rotatable bonds is 10. The molecule has 0 amide bonds. The van der Waals surface area contributed by atoms with Crippen LogP contribution in [0.15, 0.2) is 54.6 Å². The molecule has 1 atom stereocenters. The van der Waals surface area contributed by atoms with Crippen molar-refractivity contribution < 1.29 is 9.53 Å². The van der Waals surface area contributed by atoms with Crippen LogP contribution in [0, 0.1) is 6.92 Å². The van der Waals surface area contributed by atoms with Gasteiger partial charge in [0, 0.05) is 29.3 Å². The Morgan fingerprint density at radius 3 is 2.43 bits per heavy atom. The summed E-state index contributed by atoms with van der Waals surface area (Å²) in [7, 11) is 1.76. The van der Waals surface area contributed by atoms with E-state index in [0.717, 1.165) is 34.1 Å². The summed E-state index contributed by atoms with van der Waals surface area (Å²) < 4.78 is 7.90. The zero-order chi connectivity index (χ0) is 19.9. The number of unbranched alkanes of at least 4 members (excludes halogenated alkanes) is 3. The number of para-hydroxylation sites is 1. The first-order valence-electron chi connectivity index (χ1n) is 10.4. The summed E-state index contributed by atoms with van der Waals surface area (Å²) in [6, 6.07) is 18.1. The van der Waals surface area contributed by atoms with E-state index in [9.17, 15) is 4.79 Å². The fourth-order valence-corrected chi connectivity index (χ4v) is 4.17. The largest absolute Gasteiger partial charge is 0.383 e. The van der Waals surface area contributed by atoms with Crippen molar-refractivity contribution in [3.63, 3.8) is 0 Å². The Balaban J connectivity index is 2.05. The van der Waals surface area contributed by atoms with Gasteiger partial charge in [0.2, 0.25) is 0 Å². The van der Waals surface area contributed by atoms with Crippen LogP contribution in [0.1, 0.15) is 66.7 Å². The number of fused-ring (bicyclic) bond motifs is 1. The van der Waals surface area contributed by atoms with Crippen molar-refractivity contribution in [2.45, 2.75) is 52.0 Å². The van der Waals surface area contributed by atoms with Crippen LogP contribution in [0.2, 0.25) is 0 Å². The fourth-order valence-electron chi connectivity index (χ4n) is 4.17. The number of hydrogen-bond acceptors (Lipinski definition) is 2. The molecule has 0 bridgehead atoms. The Hall–Kier alpha value is -2.39. The number of carbonyl (C=O) groups excluding carboxylic acids is 1. The minimum Gasteiger partial charge on any atom is -0.383 e. The van der Waals surface area contributed by atoms with Crippen molar-refractivity contribution in [1.29, 1.82) is 0 Å². The molecule has 0 aliphatic carbocycles. The number of aromatic nitrogens is 1. The molecule has 2 aromatic carbocycles. The van der Waals surface area contributed by atoms with Crippen LogP contribution in [0.5, 0.6) is 0 Å². The van der Waals surface area contributed by atoms with Gasteiger partial charge < -0.3 is 9.30 Å². The first-order valence-corrected chi connectivity index (χ1v) is 10.4. The van der Waals surface area contributed by atoms with Crippen molar-refractivity contribution in [2.75, 3.05) is 13.7 Å². The lowest BCUT2D eigenvalue weighted by Gasteiger charge is -2.21. The van der Waals surface area contributed by atoms with E-state index >= 15 is 0 Å². The molecule has 3 aromatic rings. The molecule has 1 unspecified atom stereocenters. The summed E-state index contributed by atoms with van der Waals surface area (Å²) in [6.07, 6.45) is 5.98. The van der Waals surface area contributed by atoms with Crippen LogP contribution in [-0.2, 0) is 4.74 Å². The summed E-state index contributed by atoms with van der Waals surface area (Å²) in [5.41, 5.74) is 3.71. The Kier molecular flexibility index (Phi) is 7.05. The van der Waals surface area contributed by atoms with Crippen LogP contribution in [0.3, 0.4) is 0 Å². The van der Waals surface area contributed by atoms with E-state index in [0.29, 0.717) is 6.61 Å². The van der Waals surface area contributed by atoms with E-state index in [1.807, 2.05) is 36.4 Å². The van der Waals surface area contributed by atoms with Crippen LogP contribution in [0.4, 0.5) is 0 Å². The standard InChI is InChI=1S/C25H31NO2/c1-4-5-6-10-15-21(18-28-3)26-19(2)24(22-16-11-12-17-23(22)26)25(27)20-13-8-7-9-14-20/h7-9,11-14,16-17,21H,4-6,10,15,18H2,1-3H3. The van der Waals surface area contributed by atoms with Crippen LogP contribution in [-0.4, -0.2) is 24.1 Å². The summed E-state index contributed by atoms with van der Waals surface area (Å²) in [4.78, 5) is 13.3. The highest BCUT2D eigenvalue weighted by Gasteiger charge is 2.24. The first-order chi connectivity index (χ1) is 13.7. The zero-order valence-corrected chi connectivity index (χ0v) is 17.3. The lowest BCUT2D eigenvalue weighted by atomic mass is 10.0. The monoisotopic (exact) mass is 377 g/mol. The van der Waals surface area contributed by atoms with Gasteiger partial charge in [0.1, 0.15) is 0 Å². The number of ketones is 1. The molecule has 3 rings (SSSR count). The third-order valence-corrected chi connectivity index (χ3v) is 5.53. The fraction of sp³-hybridized carbons (Fsp3) is 0.400. The highest BCUT2D eigenvalue weighted by Crippen LogP contribution is 2.32. The van der Waals surface area contributed by atoms with E-state index in [1.54, 1.807) is 7.11 Å². The topological polar surface area (TPSA) is 31.2 Å². The zero-order valence-electron chi connectivity index (χ0n) is 17.3. The number of hydrogen-bond donors (Lipinski definition) is 0. The Morgan fingerprint density at radius 2 is 1.71 bits per heavy atom.